The Morgan fingerprint density at radius 1 is 1.20 bits per heavy atom. The second kappa shape index (κ2) is 6.53. The highest BCUT2D eigenvalue weighted by molar-refractivity contribution is 5.94. The first kappa shape index (κ1) is 15.4. The second-order valence-corrected chi connectivity index (χ2v) is 4.11. The molecule has 108 valence electrons. The zero-order chi connectivity index (χ0) is 15.3. The molecule has 0 aliphatic heterocycles. The standard InChI is InChI=1S/C12H14N2O6/c13-9(12(19)20)1-2-10(16)14-7-3-6(11(17)18)4-8(15)5-7/h3-5,9,15H,1-2,13H2,(H,14,16)(H,17,18)(H,19,20)/t9-/m0/s1. The number of aromatic hydroxyl groups is 1. The van der Waals surface area contributed by atoms with E-state index < -0.39 is 23.9 Å². The van der Waals surface area contributed by atoms with Crippen molar-refractivity contribution >= 4 is 23.5 Å². The van der Waals surface area contributed by atoms with Gasteiger partial charge in [0.25, 0.3) is 0 Å². The highest BCUT2D eigenvalue weighted by Gasteiger charge is 2.14. The summed E-state index contributed by atoms with van der Waals surface area (Å²) in [5.74, 6) is -3.28. The van der Waals surface area contributed by atoms with Crippen molar-refractivity contribution in [2.24, 2.45) is 5.73 Å². The molecule has 8 nitrogen and oxygen atoms in total. The van der Waals surface area contributed by atoms with E-state index in [1.807, 2.05) is 0 Å². The Morgan fingerprint density at radius 3 is 2.40 bits per heavy atom. The molecular weight excluding hydrogens is 268 g/mol. The SMILES string of the molecule is N[C@@H](CCC(=O)Nc1cc(O)cc(C(=O)O)c1)C(=O)O. The molecule has 0 bridgehead atoms. The van der Waals surface area contributed by atoms with E-state index in [4.69, 9.17) is 15.9 Å². The quantitative estimate of drug-likeness (QED) is 0.500. The molecule has 0 aliphatic rings. The average Bonchev–Trinajstić information content (AvgIpc) is 2.34. The molecule has 0 unspecified atom stereocenters. The van der Waals surface area contributed by atoms with Crippen molar-refractivity contribution in [3.8, 4) is 5.75 Å². The van der Waals surface area contributed by atoms with Gasteiger partial charge in [0.2, 0.25) is 5.91 Å². The molecule has 8 heteroatoms. The van der Waals surface area contributed by atoms with E-state index in [2.05, 4.69) is 5.32 Å². The molecule has 1 rings (SSSR count). The summed E-state index contributed by atoms with van der Waals surface area (Å²) in [5, 5.41) is 29.1. The van der Waals surface area contributed by atoms with E-state index in [-0.39, 0.29) is 29.8 Å². The summed E-state index contributed by atoms with van der Waals surface area (Å²) in [5.41, 5.74) is 5.18. The number of hydrogen-bond donors (Lipinski definition) is 5. The van der Waals surface area contributed by atoms with Gasteiger partial charge in [-0.15, -0.1) is 0 Å². The van der Waals surface area contributed by atoms with Crippen LogP contribution in [0.1, 0.15) is 23.2 Å². The molecule has 6 N–H and O–H groups in total. The molecule has 0 saturated carbocycles. The lowest BCUT2D eigenvalue weighted by molar-refractivity contribution is -0.138. The van der Waals surface area contributed by atoms with E-state index in [1.54, 1.807) is 0 Å². The van der Waals surface area contributed by atoms with Gasteiger partial charge in [0, 0.05) is 18.2 Å². The van der Waals surface area contributed by atoms with Gasteiger partial charge in [-0.25, -0.2) is 4.79 Å². The zero-order valence-corrected chi connectivity index (χ0v) is 10.4. The minimum atomic E-state index is -1.25. The first-order valence-corrected chi connectivity index (χ1v) is 5.65. The van der Waals surface area contributed by atoms with Gasteiger partial charge < -0.3 is 26.4 Å². The number of carbonyl (C=O) groups excluding carboxylic acids is 1. The van der Waals surface area contributed by atoms with Crippen LogP contribution in [0.2, 0.25) is 0 Å². The summed E-state index contributed by atoms with van der Waals surface area (Å²) in [4.78, 5) is 32.8. The van der Waals surface area contributed by atoms with Crippen LogP contribution >= 0.6 is 0 Å². The highest BCUT2D eigenvalue weighted by Crippen LogP contribution is 2.20. The van der Waals surface area contributed by atoms with Crippen LogP contribution in [0.4, 0.5) is 5.69 Å². The lowest BCUT2D eigenvalue weighted by Crippen LogP contribution is -2.31. The lowest BCUT2D eigenvalue weighted by Gasteiger charge is -2.08. The van der Waals surface area contributed by atoms with Crippen LogP contribution in [0.5, 0.6) is 5.75 Å². The van der Waals surface area contributed by atoms with Gasteiger partial charge in [-0.3, -0.25) is 9.59 Å². The molecule has 1 aromatic carbocycles. The van der Waals surface area contributed by atoms with Crippen LogP contribution in [0, 0.1) is 0 Å². The van der Waals surface area contributed by atoms with Gasteiger partial charge in [0.1, 0.15) is 11.8 Å². The van der Waals surface area contributed by atoms with Gasteiger partial charge in [0.15, 0.2) is 0 Å². The number of amides is 1. The monoisotopic (exact) mass is 282 g/mol. The third kappa shape index (κ3) is 4.58. The number of nitrogens with two attached hydrogens (primary N) is 1. The molecule has 1 atom stereocenters. The maximum Gasteiger partial charge on any atom is 0.335 e. The minimum Gasteiger partial charge on any atom is -0.508 e. The normalized spacial score (nSPS) is 11.7. The van der Waals surface area contributed by atoms with Gasteiger partial charge >= 0.3 is 11.9 Å². The number of phenols is 1. The fraction of sp³-hybridized carbons (Fsp3) is 0.250. The molecule has 1 aromatic rings. The van der Waals surface area contributed by atoms with Crippen LogP contribution in [0.3, 0.4) is 0 Å². The van der Waals surface area contributed by atoms with Crippen molar-refractivity contribution < 1.29 is 29.7 Å². The van der Waals surface area contributed by atoms with E-state index in [1.165, 1.54) is 12.1 Å². The number of carbonyl (C=O) groups is 3. The first-order valence-electron chi connectivity index (χ1n) is 5.65. The van der Waals surface area contributed by atoms with E-state index >= 15 is 0 Å². The predicted octanol–water partition coefficient (Wildman–Crippen LogP) is 0.221. The predicted molar refractivity (Wildman–Crippen MR) is 68.5 cm³/mol. The number of rotatable bonds is 6. The van der Waals surface area contributed by atoms with Gasteiger partial charge in [-0.05, 0) is 18.6 Å². The van der Waals surface area contributed by atoms with Gasteiger partial charge in [-0.2, -0.15) is 0 Å². The van der Waals surface area contributed by atoms with Crippen molar-refractivity contribution in [2.45, 2.75) is 18.9 Å². The van der Waals surface area contributed by atoms with Crippen LogP contribution in [-0.2, 0) is 9.59 Å². The Balaban J connectivity index is 2.66. The van der Waals surface area contributed by atoms with Crippen molar-refractivity contribution in [3.05, 3.63) is 23.8 Å². The molecule has 0 heterocycles. The highest BCUT2D eigenvalue weighted by atomic mass is 16.4. The van der Waals surface area contributed by atoms with Crippen LogP contribution in [0.25, 0.3) is 0 Å². The fourth-order valence-corrected chi connectivity index (χ4v) is 1.44. The summed E-state index contributed by atoms with van der Waals surface area (Å²) in [6.07, 6.45) is -0.183. The number of benzene rings is 1. The second-order valence-electron chi connectivity index (χ2n) is 4.11. The molecule has 20 heavy (non-hydrogen) atoms. The van der Waals surface area contributed by atoms with E-state index in [0.29, 0.717) is 0 Å². The number of anilines is 1. The number of aromatic carboxylic acids is 1. The molecule has 0 fully saturated rings. The third-order valence-electron chi connectivity index (χ3n) is 2.45. The summed E-state index contributed by atoms with van der Waals surface area (Å²) in [7, 11) is 0. The summed E-state index contributed by atoms with van der Waals surface area (Å²) >= 11 is 0. The summed E-state index contributed by atoms with van der Waals surface area (Å²) in [6, 6.07) is 2.26. The van der Waals surface area contributed by atoms with Crippen molar-refractivity contribution in [2.75, 3.05) is 5.32 Å². The third-order valence-corrected chi connectivity index (χ3v) is 2.45. The average molecular weight is 282 g/mol. The van der Waals surface area contributed by atoms with E-state index in [9.17, 15) is 19.5 Å². The molecule has 0 radical (unpaired) electrons. The smallest absolute Gasteiger partial charge is 0.335 e. The number of nitrogens with one attached hydrogen (secondary N) is 1. The molecule has 0 aliphatic carbocycles. The largest absolute Gasteiger partial charge is 0.508 e. The summed E-state index contributed by atoms with van der Waals surface area (Å²) < 4.78 is 0. The number of carboxylic acid groups (broad SMARTS) is 2. The molecule has 0 spiro atoms. The maximum atomic E-state index is 11.5. The Labute approximate surface area is 113 Å². The topological polar surface area (TPSA) is 150 Å². The zero-order valence-electron chi connectivity index (χ0n) is 10.4. The van der Waals surface area contributed by atoms with Crippen molar-refractivity contribution in [1.82, 2.24) is 0 Å². The van der Waals surface area contributed by atoms with Crippen molar-refractivity contribution in [1.29, 1.82) is 0 Å². The van der Waals surface area contributed by atoms with Gasteiger partial charge in [0.05, 0.1) is 5.56 Å². The van der Waals surface area contributed by atoms with E-state index in [0.717, 1.165) is 6.07 Å². The number of phenolic OH excluding ortho intramolecular Hbond substituents is 1. The Morgan fingerprint density at radius 2 is 1.85 bits per heavy atom. The minimum absolute atomic E-state index is 0.0498. The molecule has 0 aromatic heterocycles. The van der Waals surface area contributed by atoms with Crippen molar-refractivity contribution in [3.63, 3.8) is 0 Å². The first-order chi connectivity index (χ1) is 9.29. The number of aliphatic carboxylic acids is 1. The lowest BCUT2D eigenvalue weighted by atomic mass is 10.1. The Kier molecular flexibility index (Phi) is 5.04. The molecule has 0 saturated heterocycles. The van der Waals surface area contributed by atoms with Crippen LogP contribution in [-0.4, -0.2) is 39.2 Å². The van der Waals surface area contributed by atoms with Gasteiger partial charge in [-0.1, -0.05) is 0 Å². The Bertz CT molecular complexity index is 543. The number of hydrogen-bond acceptors (Lipinski definition) is 5. The summed E-state index contributed by atoms with van der Waals surface area (Å²) in [6.45, 7) is 0. The molecular formula is C12H14N2O6. The number of carboxylic acids is 2. The van der Waals surface area contributed by atoms with Crippen LogP contribution in [0.15, 0.2) is 18.2 Å². The maximum absolute atomic E-state index is 11.5. The Hall–Kier alpha value is -2.61. The van der Waals surface area contributed by atoms with Crippen LogP contribution < -0.4 is 11.1 Å². The fourth-order valence-electron chi connectivity index (χ4n) is 1.44. The molecule has 1 amide bonds.